The van der Waals surface area contributed by atoms with Gasteiger partial charge in [0, 0.05) is 24.0 Å². The lowest BCUT2D eigenvalue weighted by Crippen LogP contribution is -2.49. The molecular formula is C16H21N3. The van der Waals surface area contributed by atoms with E-state index < -0.39 is 0 Å². The van der Waals surface area contributed by atoms with E-state index in [1.54, 1.807) is 0 Å². The lowest BCUT2D eigenvalue weighted by atomic mass is 9.96. The third-order valence-corrected chi connectivity index (χ3v) is 4.15. The largest absolute Gasteiger partial charge is 0.350 e. The molecule has 0 saturated carbocycles. The van der Waals surface area contributed by atoms with Crippen LogP contribution >= 0.6 is 0 Å². The molecule has 3 heteroatoms. The Kier molecular flexibility index (Phi) is 3.38. The Labute approximate surface area is 114 Å². The van der Waals surface area contributed by atoms with E-state index in [-0.39, 0.29) is 0 Å². The summed E-state index contributed by atoms with van der Waals surface area (Å²) in [4.78, 5) is 7.23. The fraction of sp³-hybridized carbons (Fsp3) is 0.438. The van der Waals surface area contributed by atoms with E-state index in [1.807, 2.05) is 6.07 Å². The number of para-hydroxylation sites is 1. The first-order chi connectivity index (χ1) is 9.29. The highest BCUT2D eigenvalue weighted by Gasteiger charge is 2.27. The summed E-state index contributed by atoms with van der Waals surface area (Å²) in [5.74, 6) is 1.07. The van der Waals surface area contributed by atoms with Crippen LogP contribution in [-0.2, 0) is 0 Å². The number of pyridine rings is 1. The van der Waals surface area contributed by atoms with E-state index in [9.17, 15) is 0 Å². The van der Waals surface area contributed by atoms with Crippen molar-refractivity contribution in [3.63, 3.8) is 0 Å². The molecule has 1 aliphatic heterocycles. The van der Waals surface area contributed by atoms with Gasteiger partial charge in [0.25, 0.3) is 0 Å². The van der Waals surface area contributed by atoms with Gasteiger partial charge in [-0.1, -0.05) is 18.2 Å². The molecule has 19 heavy (non-hydrogen) atoms. The first-order valence-corrected chi connectivity index (χ1v) is 7.14. The van der Waals surface area contributed by atoms with Crippen LogP contribution in [0.25, 0.3) is 10.9 Å². The minimum absolute atomic E-state index is 0.428. The Hall–Kier alpha value is -1.61. The second-order valence-corrected chi connectivity index (χ2v) is 5.44. The van der Waals surface area contributed by atoms with Crippen LogP contribution in [0.2, 0.25) is 0 Å². The van der Waals surface area contributed by atoms with Crippen LogP contribution in [0.3, 0.4) is 0 Å². The van der Waals surface area contributed by atoms with Crippen molar-refractivity contribution in [2.24, 2.45) is 5.73 Å². The van der Waals surface area contributed by atoms with Gasteiger partial charge in [0.15, 0.2) is 0 Å². The molecule has 3 rings (SSSR count). The quantitative estimate of drug-likeness (QED) is 0.897. The van der Waals surface area contributed by atoms with E-state index in [0.717, 1.165) is 11.3 Å². The minimum atomic E-state index is 0.428. The zero-order chi connectivity index (χ0) is 13.2. The summed E-state index contributed by atoms with van der Waals surface area (Å²) in [7, 11) is 0. The van der Waals surface area contributed by atoms with E-state index in [0.29, 0.717) is 18.6 Å². The highest BCUT2D eigenvalue weighted by atomic mass is 15.2. The smallest absolute Gasteiger partial charge is 0.129 e. The van der Waals surface area contributed by atoms with Gasteiger partial charge in [0.2, 0.25) is 0 Å². The molecule has 1 saturated heterocycles. The maximum absolute atomic E-state index is 5.94. The van der Waals surface area contributed by atoms with Crippen molar-refractivity contribution in [3.8, 4) is 0 Å². The number of rotatable bonds is 2. The van der Waals surface area contributed by atoms with E-state index in [2.05, 4.69) is 42.2 Å². The summed E-state index contributed by atoms with van der Waals surface area (Å²) in [5.41, 5.74) is 7.00. The molecule has 1 aromatic heterocycles. The molecular weight excluding hydrogens is 234 g/mol. The highest BCUT2D eigenvalue weighted by Crippen LogP contribution is 2.28. The molecule has 3 nitrogen and oxygen atoms in total. The standard InChI is InChI=1S/C16H21N3/c1-12-5-4-7-14(11-17)19(12)16-10-9-13-6-2-3-8-15(13)18-16/h2-3,6,8-10,12,14H,4-5,7,11,17H2,1H3. The normalized spacial score (nSPS) is 23.8. The molecule has 1 aliphatic rings. The number of benzene rings is 1. The van der Waals surface area contributed by atoms with Crippen LogP contribution in [-0.4, -0.2) is 23.6 Å². The van der Waals surface area contributed by atoms with Gasteiger partial charge in [-0.15, -0.1) is 0 Å². The molecule has 1 fully saturated rings. The third-order valence-electron chi connectivity index (χ3n) is 4.15. The predicted octanol–water partition coefficient (Wildman–Crippen LogP) is 2.94. The Balaban J connectivity index is 2.01. The number of hydrogen-bond acceptors (Lipinski definition) is 3. The van der Waals surface area contributed by atoms with Crippen molar-refractivity contribution in [2.45, 2.75) is 38.3 Å². The fourth-order valence-corrected chi connectivity index (χ4v) is 3.13. The second kappa shape index (κ2) is 5.17. The second-order valence-electron chi connectivity index (χ2n) is 5.44. The minimum Gasteiger partial charge on any atom is -0.350 e. The average molecular weight is 255 g/mol. The average Bonchev–Trinajstić information content (AvgIpc) is 2.46. The van der Waals surface area contributed by atoms with Crippen molar-refractivity contribution >= 4 is 16.7 Å². The summed E-state index contributed by atoms with van der Waals surface area (Å²) in [5, 5.41) is 1.19. The van der Waals surface area contributed by atoms with Crippen LogP contribution in [0.5, 0.6) is 0 Å². The van der Waals surface area contributed by atoms with E-state index in [1.165, 1.54) is 24.6 Å². The first kappa shape index (κ1) is 12.4. The van der Waals surface area contributed by atoms with Gasteiger partial charge in [0.05, 0.1) is 5.52 Å². The molecule has 0 amide bonds. The van der Waals surface area contributed by atoms with Crippen LogP contribution in [0.15, 0.2) is 36.4 Å². The Morgan fingerprint density at radius 3 is 2.89 bits per heavy atom. The van der Waals surface area contributed by atoms with Gasteiger partial charge in [-0.2, -0.15) is 0 Å². The van der Waals surface area contributed by atoms with Crippen molar-refractivity contribution < 1.29 is 0 Å². The van der Waals surface area contributed by atoms with Crippen molar-refractivity contribution in [1.82, 2.24) is 4.98 Å². The molecule has 100 valence electrons. The maximum Gasteiger partial charge on any atom is 0.129 e. The monoisotopic (exact) mass is 255 g/mol. The van der Waals surface area contributed by atoms with E-state index in [4.69, 9.17) is 10.7 Å². The SMILES string of the molecule is CC1CCCC(CN)N1c1ccc2ccccc2n1. The zero-order valence-electron chi connectivity index (χ0n) is 11.4. The molecule has 0 radical (unpaired) electrons. The molecule has 2 heterocycles. The number of hydrogen-bond donors (Lipinski definition) is 1. The van der Waals surface area contributed by atoms with Crippen molar-refractivity contribution in [2.75, 3.05) is 11.4 Å². The van der Waals surface area contributed by atoms with Crippen LogP contribution in [0.1, 0.15) is 26.2 Å². The highest BCUT2D eigenvalue weighted by molar-refractivity contribution is 5.80. The Bertz CT molecular complexity index is 567. The summed E-state index contributed by atoms with van der Waals surface area (Å²) < 4.78 is 0. The van der Waals surface area contributed by atoms with Crippen LogP contribution in [0.4, 0.5) is 5.82 Å². The molecule has 2 aromatic rings. The number of anilines is 1. The number of nitrogens with zero attached hydrogens (tertiary/aromatic N) is 2. The number of nitrogens with two attached hydrogens (primary N) is 1. The van der Waals surface area contributed by atoms with Gasteiger partial charge >= 0.3 is 0 Å². The molecule has 1 aromatic carbocycles. The van der Waals surface area contributed by atoms with Gasteiger partial charge in [-0.05, 0) is 44.4 Å². The van der Waals surface area contributed by atoms with E-state index >= 15 is 0 Å². The number of piperidine rings is 1. The summed E-state index contributed by atoms with van der Waals surface area (Å²) in [6, 6.07) is 13.5. The Morgan fingerprint density at radius 1 is 1.21 bits per heavy atom. The molecule has 2 N–H and O–H groups in total. The summed E-state index contributed by atoms with van der Waals surface area (Å²) in [6.45, 7) is 2.98. The topological polar surface area (TPSA) is 42.1 Å². The molecule has 0 spiro atoms. The van der Waals surface area contributed by atoms with Crippen molar-refractivity contribution in [1.29, 1.82) is 0 Å². The van der Waals surface area contributed by atoms with Gasteiger partial charge in [0.1, 0.15) is 5.82 Å². The van der Waals surface area contributed by atoms with Gasteiger partial charge < -0.3 is 10.6 Å². The predicted molar refractivity (Wildman–Crippen MR) is 80.4 cm³/mol. The molecule has 0 bridgehead atoms. The molecule has 2 atom stereocenters. The summed E-state index contributed by atoms with van der Waals surface area (Å²) in [6.07, 6.45) is 3.67. The van der Waals surface area contributed by atoms with Crippen molar-refractivity contribution in [3.05, 3.63) is 36.4 Å². The fourth-order valence-electron chi connectivity index (χ4n) is 3.13. The zero-order valence-corrected chi connectivity index (χ0v) is 11.4. The van der Waals surface area contributed by atoms with Crippen LogP contribution in [0, 0.1) is 0 Å². The van der Waals surface area contributed by atoms with Crippen LogP contribution < -0.4 is 10.6 Å². The number of fused-ring (bicyclic) bond motifs is 1. The molecule has 2 unspecified atom stereocenters. The number of aromatic nitrogens is 1. The maximum atomic E-state index is 5.94. The lowest BCUT2D eigenvalue weighted by molar-refractivity contribution is 0.398. The summed E-state index contributed by atoms with van der Waals surface area (Å²) >= 11 is 0. The first-order valence-electron chi connectivity index (χ1n) is 7.14. The Morgan fingerprint density at radius 2 is 2.05 bits per heavy atom. The third kappa shape index (κ3) is 2.30. The van der Waals surface area contributed by atoms with Gasteiger partial charge in [-0.3, -0.25) is 0 Å². The molecule has 0 aliphatic carbocycles. The van der Waals surface area contributed by atoms with Gasteiger partial charge in [-0.25, -0.2) is 4.98 Å². The lowest BCUT2D eigenvalue weighted by Gasteiger charge is -2.41.